The van der Waals surface area contributed by atoms with Crippen molar-refractivity contribution in [1.29, 1.82) is 0 Å². The molecule has 0 radical (unpaired) electrons. The first-order valence-electron chi connectivity index (χ1n) is 7.47. The van der Waals surface area contributed by atoms with Gasteiger partial charge in [-0.15, -0.1) is 11.8 Å². The van der Waals surface area contributed by atoms with Crippen molar-refractivity contribution in [3.8, 4) is 0 Å². The Balaban J connectivity index is 1.77. The lowest BCUT2D eigenvalue weighted by Gasteiger charge is -2.35. The molecular formula is C14H23N3OS2. The monoisotopic (exact) mass is 313 g/mol. The van der Waals surface area contributed by atoms with Gasteiger partial charge in [-0.2, -0.15) is 16.7 Å². The standard InChI is InChI=1S/C14H23N3OS2/c1-10-2-4-14(9-15,5-3-10)13-16-12(17-18-13)11-8-19-6-7-20-11/h10-11H,2-9,15H2,1H3. The van der Waals surface area contributed by atoms with Crippen LogP contribution >= 0.6 is 23.5 Å². The molecule has 1 aliphatic carbocycles. The molecule has 3 rings (SSSR count). The van der Waals surface area contributed by atoms with Crippen LogP contribution in [-0.2, 0) is 5.41 Å². The van der Waals surface area contributed by atoms with E-state index < -0.39 is 0 Å². The topological polar surface area (TPSA) is 64.9 Å². The number of hydrogen-bond donors (Lipinski definition) is 1. The Morgan fingerprint density at radius 3 is 2.80 bits per heavy atom. The lowest BCUT2D eigenvalue weighted by Crippen LogP contribution is -2.39. The highest BCUT2D eigenvalue weighted by atomic mass is 32.2. The summed E-state index contributed by atoms with van der Waals surface area (Å²) in [4.78, 5) is 4.73. The maximum Gasteiger partial charge on any atom is 0.234 e. The van der Waals surface area contributed by atoms with Gasteiger partial charge < -0.3 is 10.3 Å². The van der Waals surface area contributed by atoms with E-state index in [0.717, 1.165) is 36.2 Å². The summed E-state index contributed by atoms with van der Waals surface area (Å²) in [6.45, 7) is 2.93. The maximum absolute atomic E-state index is 6.07. The molecule has 20 heavy (non-hydrogen) atoms. The molecule has 1 aromatic rings. The molecule has 0 bridgehead atoms. The zero-order valence-corrected chi connectivity index (χ0v) is 13.6. The van der Waals surface area contributed by atoms with Crippen LogP contribution in [0.2, 0.25) is 0 Å². The molecule has 2 fully saturated rings. The van der Waals surface area contributed by atoms with E-state index in [9.17, 15) is 0 Å². The smallest absolute Gasteiger partial charge is 0.234 e. The van der Waals surface area contributed by atoms with Crippen molar-refractivity contribution in [3.63, 3.8) is 0 Å². The third-order valence-electron chi connectivity index (χ3n) is 4.62. The maximum atomic E-state index is 6.07. The number of rotatable bonds is 3. The zero-order chi connectivity index (χ0) is 14.0. The Morgan fingerprint density at radius 1 is 1.35 bits per heavy atom. The van der Waals surface area contributed by atoms with Gasteiger partial charge in [-0.25, -0.2) is 0 Å². The summed E-state index contributed by atoms with van der Waals surface area (Å²) in [6, 6.07) is 0. The Labute approximate surface area is 129 Å². The first-order chi connectivity index (χ1) is 9.73. The minimum absolute atomic E-state index is 0.0652. The highest BCUT2D eigenvalue weighted by molar-refractivity contribution is 8.06. The van der Waals surface area contributed by atoms with Crippen molar-refractivity contribution in [2.45, 2.75) is 43.3 Å². The summed E-state index contributed by atoms with van der Waals surface area (Å²) in [6.07, 6.45) is 4.59. The van der Waals surface area contributed by atoms with Crippen LogP contribution < -0.4 is 5.73 Å². The molecule has 6 heteroatoms. The molecule has 2 heterocycles. The second kappa shape index (κ2) is 6.28. The van der Waals surface area contributed by atoms with Crippen molar-refractivity contribution in [3.05, 3.63) is 11.7 Å². The molecule has 0 amide bonds. The van der Waals surface area contributed by atoms with E-state index in [-0.39, 0.29) is 5.41 Å². The van der Waals surface area contributed by atoms with E-state index in [1.54, 1.807) is 0 Å². The Bertz CT molecular complexity index is 437. The van der Waals surface area contributed by atoms with E-state index in [0.29, 0.717) is 11.8 Å². The number of nitrogens with zero attached hydrogens (tertiary/aromatic N) is 2. The molecule has 0 aromatic carbocycles. The highest BCUT2D eigenvalue weighted by Gasteiger charge is 2.40. The lowest BCUT2D eigenvalue weighted by molar-refractivity contribution is 0.191. The number of hydrogen-bond acceptors (Lipinski definition) is 6. The normalized spacial score (nSPS) is 35.1. The first-order valence-corrected chi connectivity index (χ1v) is 9.67. The van der Waals surface area contributed by atoms with Crippen molar-refractivity contribution < 1.29 is 4.52 Å². The van der Waals surface area contributed by atoms with Crippen molar-refractivity contribution >= 4 is 23.5 Å². The number of aromatic nitrogens is 2. The van der Waals surface area contributed by atoms with Gasteiger partial charge in [0, 0.05) is 23.8 Å². The SMILES string of the molecule is CC1CCC(CN)(c2nc(C3CSCCS3)no2)CC1. The Kier molecular flexibility index (Phi) is 4.62. The average Bonchev–Trinajstić information content (AvgIpc) is 3.00. The van der Waals surface area contributed by atoms with Gasteiger partial charge in [0.05, 0.1) is 10.7 Å². The van der Waals surface area contributed by atoms with E-state index in [4.69, 9.17) is 15.2 Å². The fraction of sp³-hybridized carbons (Fsp3) is 0.857. The van der Waals surface area contributed by atoms with E-state index in [1.807, 2.05) is 23.5 Å². The molecule has 112 valence electrons. The highest BCUT2D eigenvalue weighted by Crippen LogP contribution is 2.41. The molecule has 2 aliphatic rings. The first kappa shape index (κ1) is 14.7. The summed E-state index contributed by atoms with van der Waals surface area (Å²) in [7, 11) is 0. The molecule has 2 N–H and O–H groups in total. The van der Waals surface area contributed by atoms with Gasteiger partial charge in [0.1, 0.15) is 0 Å². The van der Waals surface area contributed by atoms with Crippen molar-refractivity contribution in [2.24, 2.45) is 11.7 Å². The Morgan fingerprint density at radius 2 is 2.15 bits per heavy atom. The molecule has 1 unspecified atom stereocenters. The van der Waals surface area contributed by atoms with Crippen LogP contribution in [0.4, 0.5) is 0 Å². The quantitative estimate of drug-likeness (QED) is 0.925. The summed E-state index contributed by atoms with van der Waals surface area (Å²) >= 11 is 3.93. The van der Waals surface area contributed by atoms with Crippen LogP contribution in [-0.4, -0.2) is 33.9 Å². The second-order valence-corrected chi connectivity index (χ2v) is 8.52. The van der Waals surface area contributed by atoms with Gasteiger partial charge in [-0.3, -0.25) is 0 Å². The summed E-state index contributed by atoms with van der Waals surface area (Å²) in [5.74, 6) is 5.97. The van der Waals surface area contributed by atoms with Gasteiger partial charge in [0.15, 0.2) is 5.82 Å². The minimum atomic E-state index is -0.0652. The summed E-state index contributed by atoms with van der Waals surface area (Å²) in [5, 5.41) is 4.64. The predicted octanol–water partition coefficient (Wildman–Crippen LogP) is 3.00. The van der Waals surface area contributed by atoms with Crippen molar-refractivity contribution in [1.82, 2.24) is 10.1 Å². The van der Waals surface area contributed by atoms with Gasteiger partial charge in [0.2, 0.25) is 5.89 Å². The van der Waals surface area contributed by atoms with Gasteiger partial charge in [-0.05, 0) is 31.6 Å². The predicted molar refractivity (Wildman–Crippen MR) is 85.2 cm³/mol. The molecule has 0 spiro atoms. The third-order valence-corrected chi connectivity index (χ3v) is 7.37. The molecule has 1 saturated carbocycles. The lowest BCUT2D eigenvalue weighted by atomic mass is 9.71. The van der Waals surface area contributed by atoms with Crippen molar-refractivity contribution in [2.75, 3.05) is 23.8 Å². The van der Waals surface area contributed by atoms with Crippen LogP contribution in [0.3, 0.4) is 0 Å². The fourth-order valence-corrected chi connectivity index (χ4v) is 5.63. The van der Waals surface area contributed by atoms with Crippen LogP contribution in [0.25, 0.3) is 0 Å². The molecule has 1 saturated heterocycles. The third kappa shape index (κ3) is 2.88. The second-order valence-electron chi connectivity index (χ2n) is 6.06. The van der Waals surface area contributed by atoms with Gasteiger partial charge in [-0.1, -0.05) is 12.1 Å². The molecule has 1 aromatic heterocycles. The molecular weight excluding hydrogens is 290 g/mol. The van der Waals surface area contributed by atoms with Crippen LogP contribution in [0, 0.1) is 5.92 Å². The van der Waals surface area contributed by atoms with Crippen LogP contribution in [0.1, 0.15) is 49.6 Å². The molecule has 1 atom stereocenters. The van der Waals surface area contributed by atoms with Crippen LogP contribution in [0.15, 0.2) is 4.52 Å². The summed E-state index contributed by atoms with van der Waals surface area (Å²) < 4.78 is 5.62. The van der Waals surface area contributed by atoms with E-state index in [2.05, 4.69) is 12.1 Å². The van der Waals surface area contributed by atoms with Gasteiger partial charge >= 0.3 is 0 Å². The average molecular weight is 313 g/mol. The zero-order valence-electron chi connectivity index (χ0n) is 12.0. The number of nitrogens with two attached hydrogens (primary N) is 1. The summed E-state index contributed by atoms with van der Waals surface area (Å²) in [5.41, 5.74) is 6.00. The molecule has 4 nitrogen and oxygen atoms in total. The molecule has 1 aliphatic heterocycles. The van der Waals surface area contributed by atoms with E-state index >= 15 is 0 Å². The Hall–Kier alpha value is -0.200. The number of thioether (sulfide) groups is 2. The fourth-order valence-electron chi connectivity index (χ4n) is 3.04. The minimum Gasteiger partial charge on any atom is -0.339 e. The van der Waals surface area contributed by atoms with E-state index in [1.165, 1.54) is 24.3 Å². The largest absolute Gasteiger partial charge is 0.339 e. The van der Waals surface area contributed by atoms with Crippen LogP contribution in [0.5, 0.6) is 0 Å². The van der Waals surface area contributed by atoms with Gasteiger partial charge in [0.25, 0.3) is 0 Å².